The van der Waals surface area contributed by atoms with Crippen LogP contribution < -0.4 is 0 Å². The average molecular weight is 1150 g/mol. The van der Waals surface area contributed by atoms with Crippen LogP contribution in [0.5, 0.6) is 0 Å². The lowest BCUT2D eigenvalue weighted by atomic mass is 10.0. The van der Waals surface area contributed by atoms with Gasteiger partial charge in [-0.3, -0.25) is 14.4 Å². The zero-order valence-corrected chi connectivity index (χ0v) is 55.5. The third kappa shape index (κ3) is 68.4. The summed E-state index contributed by atoms with van der Waals surface area (Å²) >= 11 is 0. The molecule has 6 heteroatoms. The second kappa shape index (κ2) is 71.1. The van der Waals surface area contributed by atoms with Gasteiger partial charge in [-0.05, 0) is 77.0 Å². The van der Waals surface area contributed by atoms with Crippen LogP contribution in [0.1, 0.15) is 412 Å². The van der Waals surface area contributed by atoms with Crippen LogP contribution in [-0.4, -0.2) is 37.2 Å². The number of rotatable bonds is 69. The molecule has 0 saturated heterocycles. The second-order valence-corrected chi connectivity index (χ2v) is 25.2. The lowest BCUT2D eigenvalue weighted by Gasteiger charge is -2.18. The zero-order chi connectivity index (χ0) is 59.2. The summed E-state index contributed by atoms with van der Waals surface area (Å²) in [5, 5.41) is 0. The van der Waals surface area contributed by atoms with Crippen LogP contribution >= 0.6 is 0 Å². The standard InChI is InChI=1S/C76H142O6/c1-4-7-10-13-16-19-22-25-28-31-34-36-38-40-42-45-48-51-54-57-60-63-66-69-75(78)81-72-73(71-80-74(77)68-65-62-59-56-53-50-47-44-41-33-30-27-24-21-18-15-12-9-6-3)82-76(79)70-67-64-61-58-55-52-49-46-43-39-37-35-32-29-26-23-20-17-14-11-8-5-2/h18,21,27,30-31,34,73H,4-17,19-20,22-26,28-29,32-33,35-72H2,1-3H3/b21-18-,30-27-,34-31-. The van der Waals surface area contributed by atoms with Crippen LogP contribution in [0, 0.1) is 0 Å². The van der Waals surface area contributed by atoms with E-state index in [2.05, 4.69) is 57.2 Å². The van der Waals surface area contributed by atoms with Crippen molar-refractivity contribution in [3.63, 3.8) is 0 Å². The van der Waals surface area contributed by atoms with E-state index in [1.54, 1.807) is 0 Å². The molecular weight excluding hydrogens is 1010 g/mol. The van der Waals surface area contributed by atoms with Crippen LogP contribution in [0.2, 0.25) is 0 Å². The summed E-state index contributed by atoms with van der Waals surface area (Å²) in [5.41, 5.74) is 0. The topological polar surface area (TPSA) is 78.9 Å². The van der Waals surface area contributed by atoms with Crippen molar-refractivity contribution in [3.05, 3.63) is 36.5 Å². The Morgan fingerprint density at radius 2 is 0.439 bits per heavy atom. The molecule has 1 unspecified atom stereocenters. The molecule has 0 aromatic rings. The number of ether oxygens (including phenoxy) is 3. The molecule has 0 fully saturated rings. The molecule has 0 radical (unpaired) electrons. The van der Waals surface area contributed by atoms with E-state index in [1.807, 2.05) is 0 Å². The largest absolute Gasteiger partial charge is 0.462 e. The van der Waals surface area contributed by atoms with Crippen molar-refractivity contribution in [2.75, 3.05) is 13.2 Å². The lowest BCUT2D eigenvalue weighted by Crippen LogP contribution is -2.30. The van der Waals surface area contributed by atoms with Crippen molar-refractivity contribution < 1.29 is 28.6 Å². The summed E-state index contributed by atoms with van der Waals surface area (Å²) in [6.45, 7) is 6.70. The smallest absolute Gasteiger partial charge is 0.306 e. The van der Waals surface area contributed by atoms with Crippen molar-refractivity contribution in [2.45, 2.75) is 419 Å². The molecule has 0 amide bonds. The van der Waals surface area contributed by atoms with Crippen LogP contribution in [0.3, 0.4) is 0 Å². The lowest BCUT2D eigenvalue weighted by molar-refractivity contribution is -0.167. The summed E-state index contributed by atoms with van der Waals surface area (Å²) < 4.78 is 17.0. The third-order valence-corrected chi connectivity index (χ3v) is 16.9. The number of carbonyl (C=O) groups is 3. The number of esters is 3. The molecule has 0 N–H and O–H groups in total. The van der Waals surface area contributed by atoms with Gasteiger partial charge in [0.05, 0.1) is 0 Å². The molecule has 82 heavy (non-hydrogen) atoms. The minimum Gasteiger partial charge on any atom is -0.462 e. The second-order valence-electron chi connectivity index (χ2n) is 25.2. The van der Waals surface area contributed by atoms with E-state index >= 15 is 0 Å². The predicted molar refractivity (Wildman–Crippen MR) is 358 cm³/mol. The van der Waals surface area contributed by atoms with Gasteiger partial charge in [-0.25, -0.2) is 0 Å². The van der Waals surface area contributed by atoms with Crippen molar-refractivity contribution in [1.29, 1.82) is 0 Å². The van der Waals surface area contributed by atoms with Crippen LogP contribution in [0.15, 0.2) is 36.5 Å². The summed E-state index contributed by atoms with van der Waals surface area (Å²) in [6.07, 6.45) is 88.9. The average Bonchev–Trinajstić information content (AvgIpc) is 3.47. The van der Waals surface area contributed by atoms with Gasteiger partial charge in [0.2, 0.25) is 0 Å². The highest BCUT2D eigenvalue weighted by atomic mass is 16.6. The Morgan fingerprint density at radius 3 is 0.707 bits per heavy atom. The zero-order valence-electron chi connectivity index (χ0n) is 55.5. The number of hydrogen-bond acceptors (Lipinski definition) is 6. The van der Waals surface area contributed by atoms with Crippen LogP contribution in [-0.2, 0) is 28.6 Å². The molecule has 0 aliphatic heterocycles. The van der Waals surface area contributed by atoms with Gasteiger partial charge < -0.3 is 14.2 Å². The highest BCUT2D eigenvalue weighted by Gasteiger charge is 2.20. The van der Waals surface area contributed by atoms with E-state index in [-0.39, 0.29) is 31.1 Å². The number of carbonyl (C=O) groups excluding carboxylic acids is 3. The molecule has 0 saturated carbocycles. The Balaban J connectivity index is 4.31. The molecule has 0 aromatic carbocycles. The van der Waals surface area contributed by atoms with Crippen LogP contribution in [0.4, 0.5) is 0 Å². The van der Waals surface area contributed by atoms with Crippen molar-refractivity contribution in [1.82, 2.24) is 0 Å². The van der Waals surface area contributed by atoms with E-state index in [9.17, 15) is 14.4 Å². The number of unbranched alkanes of at least 4 members (excludes halogenated alkanes) is 52. The summed E-state index contributed by atoms with van der Waals surface area (Å²) in [6, 6.07) is 0. The Morgan fingerprint density at radius 1 is 0.244 bits per heavy atom. The van der Waals surface area contributed by atoms with E-state index in [0.717, 1.165) is 64.2 Å². The Kier molecular flexibility index (Phi) is 69.1. The monoisotopic (exact) mass is 1150 g/mol. The van der Waals surface area contributed by atoms with Crippen molar-refractivity contribution >= 4 is 17.9 Å². The van der Waals surface area contributed by atoms with Crippen LogP contribution in [0.25, 0.3) is 0 Å². The van der Waals surface area contributed by atoms with Gasteiger partial charge in [-0.15, -0.1) is 0 Å². The fourth-order valence-electron chi connectivity index (χ4n) is 11.3. The molecule has 1 atom stereocenters. The van der Waals surface area contributed by atoms with Gasteiger partial charge in [-0.1, -0.05) is 353 Å². The first-order valence-corrected chi connectivity index (χ1v) is 37.0. The molecule has 6 nitrogen and oxygen atoms in total. The Labute approximate surface area is 512 Å². The fraction of sp³-hybridized carbons (Fsp3) is 0.882. The van der Waals surface area contributed by atoms with Gasteiger partial charge in [-0.2, -0.15) is 0 Å². The van der Waals surface area contributed by atoms with E-state index < -0.39 is 6.10 Å². The van der Waals surface area contributed by atoms with Gasteiger partial charge in [0, 0.05) is 19.3 Å². The predicted octanol–water partition coefficient (Wildman–Crippen LogP) is 25.5. The fourth-order valence-corrected chi connectivity index (χ4v) is 11.3. The first-order valence-electron chi connectivity index (χ1n) is 37.0. The van der Waals surface area contributed by atoms with E-state index in [0.29, 0.717) is 19.3 Å². The normalized spacial score (nSPS) is 12.2. The number of allylic oxidation sites excluding steroid dienone is 6. The highest BCUT2D eigenvalue weighted by Crippen LogP contribution is 2.19. The van der Waals surface area contributed by atoms with Gasteiger partial charge in [0.15, 0.2) is 6.10 Å². The maximum absolute atomic E-state index is 13.0. The molecule has 482 valence electrons. The minimum atomic E-state index is -0.774. The van der Waals surface area contributed by atoms with Gasteiger partial charge >= 0.3 is 17.9 Å². The maximum atomic E-state index is 13.0. The Bertz CT molecular complexity index is 1370. The molecular formula is C76H142O6. The quantitative estimate of drug-likeness (QED) is 0.0261. The molecule has 0 heterocycles. The van der Waals surface area contributed by atoms with E-state index in [4.69, 9.17) is 14.2 Å². The third-order valence-electron chi connectivity index (χ3n) is 16.9. The SMILES string of the molecule is CCCCC/C=C\C/C=C\CCCCCCCCCCCC(=O)OCC(COC(=O)CCCCCCCCCCCCC/C=C\CCCCCCCCCC)OC(=O)CCCCCCCCCCCCCCCCCCCCCCCC. The highest BCUT2D eigenvalue weighted by molar-refractivity contribution is 5.71. The summed E-state index contributed by atoms with van der Waals surface area (Å²) in [7, 11) is 0. The molecule has 0 bridgehead atoms. The Hall–Kier alpha value is -2.37. The van der Waals surface area contributed by atoms with Crippen molar-refractivity contribution in [3.8, 4) is 0 Å². The minimum absolute atomic E-state index is 0.0686. The van der Waals surface area contributed by atoms with Gasteiger partial charge in [0.1, 0.15) is 13.2 Å². The molecule has 0 aliphatic rings. The summed E-state index contributed by atoms with van der Waals surface area (Å²) in [5.74, 6) is -0.840. The molecule has 0 spiro atoms. The first-order chi connectivity index (χ1) is 40.5. The number of hydrogen-bond donors (Lipinski definition) is 0. The summed E-state index contributed by atoms with van der Waals surface area (Å²) in [4.78, 5) is 38.5. The molecule has 0 aliphatic carbocycles. The molecule has 0 rings (SSSR count). The maximum Gasteiger partial charge on any atom is 0.306 e. The first kappa shape index (κ1) is 79.6. The molecule has 0 aromatic heterocycles. The van der Waals surface area contributed by atoms with Crippen molar-refractivity contribution in [2.24, 2.45) is 0 Å². The van der Waals surface area contributed by atoms with Gasteiger partial charge in [0.25, 0.3) is 0 Å². The van der Waals surface area contributed by atoms with E-state index in [1.165, 1.54) is 308 Å².